The molecule has 0 aliphatic heterocycles. The first kappa shape index (κ1) is 19.8. The Morgan fingerprint density at radius 1 is 1.21 bits per heavy atom. The molecule has 0 saturated heterocycles. The third-order valence-electron chi connectivity index (χ3n) is 3.91. The third-order valence-corrected chi connectivity index (χ3v) is 4.80. The van der Waals surface area contributed by atoms with Gasteiger partial charge in [-0.25, -0.2) is 9.37 Å². The second-order valence-corrected chi connectivity index (χ2v) is 7.27. The van der Waals surface area contributed by atoms with Crippen LogP contribution in [0.25, 0.3) is 10.6 Å². The number of benzene rings is 2. The van der Waals surface area contributed by atoms with E-state index < -0.39 is 0 Å². The number of ether oxygens (including phenoxy) is 2. The van der Waals surface area contributed by atoms with Gasteiger partial charge in [0.25, 0.3) is 5.91 Å². The predicted molar refractivity (Wildman–Crippen MR) is 107 cm³/mol. The minimum Gasteiger partial charge on any atom is -0.493 e. The number of nitrogens with zero attached hydrogens (tertiary/aromatic N) is 1. The van der Waals surface area contributed by atoms with Gasteiger partial charge >= 0.3 is 0 Å². The van der Waals surface area contributed by atoms with Crippen molar-refractivity contribution in [1.82, 2.24) is 10.3 Å². The highest BCUT2D eigenvalue weighted by atomic mass is 32.1. The summed E-state index contributed by atoms with van der Waals surface area (Å²) in [5.41, 5.74) is 1.66. The van der Waals surface area contributed by atoms with Crippen LogP contribution in [0.1, 0.15) is 29.9 Å². The van der Waals surface area contributed by atoms with Gasteiger partial charge in [0, 0.05) is 22.5 Å². The number of halogens is 1. The van der Waals surface area contributed by atoms with Crippen LogP contribution >= 0.6 is 11.3 Å². The molecule has 0 saturated carbocycles. The van der Waals surface area contributed by atoms with Crippen molar-refractivity contribution in [1.29, 1.82) is 0 Å². The summed E-state index contributed by atoms with van der Waals surface area (Å²) in [7, 11) is 1.54. The zero-order valence-corrected chi connectivity index (χ0v) is 16.7. The number of methoxy groups -OCH3 is 1. The van der Waals surface area contributed by atoms with Gasteiger partial charge in [-0.15, -0.1) is 11.3 Å². The Kier molecular flexibility index (Phi) is 6.26. The number of hydrogen-bond donors (Lipinski definition) is 1. The van der Waals surface area contributed by atoms with Crippen LogP contribution in [0, 0.1) is 5.82 Å². The fraction of sp³-hybridized carbons (Fsp3) is 0.238. The fourth-order valence-corrected chi connectivity index (χ4v) is 3.33. The Labute approximate surface area is 167 Å². The van der Waals surface area contributed by atoms with Crippen molar-refractivity contribution in [2.24, 2.45) is 0 Å². The summed E-state index contributed by atoms with van der Waals surface area (Å²) >= 11 is 1.38. The van der Waals surface area contributed by atoms with Gasteiger partial charge in [0.05, 0.1) is 7.11 Å². The lowest BCUT2D eigenvalue weighted by Crippen LogP contribution is -2.30. The van der Waals surface area contributed by atoms with Crippen molar-refractivity contribution in [3.63, 3.8) is 0 Å². The Morgan fingerprint density at radius 3 is 2.71 bits per heavy atom. The summed E-state index contributed by atoms with van der Waals surface area (Å²) < 4.78 is 24.9. The molecule has 0 atom stereocenters. The third kappa shape index (κ3) is 4.67. The molecule has 0 bridgehead atoms. The molecule has 0 fully saturated rings. The quantitative estimate of drug-likeness (QED) is 0.626. The van der Waals surface area contributed by atoms with Gasteiger partial charge in [0.15, 0.2) is 11.5 Å². The lowest BCUT2D eigenvalue weighted by atomic mass is 10.2. The topological polar surface area (TPSA) is 60.5 Å². The zero-order valence-electron chi connectivity index (χ0n) is 15.9. The van der Waals surface area contributed by atoms with Crippen LogP contribution in [-0.2, 0) is 6.61 Å². The molecule has 7 heteroatoms. The van der Waals surface area contributed by atoms with Gasteiger partial charge in [-0.05, 0) is 38.1 Å². The number of carbonyl (C=O) groups is 1. The molecule has 5 nitrogen and oxygen atoms in total. The van der Waals surface area contributed by atoms with Crippen molar-refractivity contribution in [3.05, 3.63) is 64.9 Å². The summed E-state index contributed by atoms with van der Waals surface area (Å²) in [5, 5.41) is 5.25. The minimum absolute atomic E-state index is 0.0450. The molecule has 0 unspecified atom stereocenters. The highest BCUT2D eigenvalue weighted by Crippen LogP contribution is 2.34. The number of carbonyl (C=O) groups excluding carboxylic acids is 1. The van der Waals surface area contributed by atoms with Crippen molar-refractivity contribution in [2.45, 2.75) is 26.5 Å². The fourth-order valence-electron chi connectivity index (χ4n) is 2.54. The number of aromatic nitrogens is 1. The average molecular weight is 400 g/mol. The van der Waals surface area contributed by atoms with Crippen LogP contribution in [0.15, 0.2) is 47.8 Å². The largest absolute Gasteiger partial charge is 0.493 e. The molecule has 2 aromatic carbocycles. The molecule has 3 rings (SSSR count). The van der Waals surface area contributed by atoms with Gasteiger partial charge in [-0.1, -0.05) is 18.2 Å². The van der Waals surface area contributed by atoms with E-state index in [-0.39, 0.29) is 24.4 Å². The van der Waals surface area contributed by atoms with E-state index in [4.69, 9.17) is 9.47 Å². The first-order chi connectivity index (χ1) is 13.5. The number of amides is 1. The first-order valence-corrected chi connectivity index (χ1v) is 9.67. The average Bonchev–Trinajstić information content (AvgIpc) is 3.17. The number of thiazole rings is 1. The molecule has 0 aliphatic carbocycles. The van der Waals surface area contributed by atoms with E-state index in [1.165, 1.54) is 17.4 Å². The van der Waals surface area contributed by atoms with Crippen LogP contribution in [0.2, 0.25) is 0 Å². The van der Waals surface area contributed by atoms with E-state index in [2.05, 4.69) is 10.3 Å². The SMILES string of the molecule is COc1cc(-c2nc(C(=O)NC(C)C)cs2)ccc1OCc1ccccc1F. The summed E-state index contributed by atoms with van der Waals surface area (Å²) in [6, 6.07) is 11.9. The molecule has 1 amide bonds. The molecular weight excluding hydrogens is 379 g/mol. The van der Waals surface area contributed by atoms with Crippen molar-refractivity contribution < 1.29 is 18.7 Å². The van der Waals surface area contributed by atoms with Crippen molar-refractivity contribution in [3.8, 4) is 22.1 Å². The van der Waals surface area contributed by atoms with Gasteiger partial charge in [0.2, 0.25) is 0 Å². The Balaban J connectivity index is 1.77. The van der Waals surface area contributed by atoms with E-state index in [1.807, 2.05) is 19.9 Å². The van der Waals surface area contributed by atoms with Crippen LogP contribution in [-0.4, -0.2) is 24.0 Å². The molecule has 0 spiro atoms. The second kappa shape index (κ2) is 8.84. The Bertz CT molecular complexity index is 972. The van der Waals surface area contributed by atoms with E-state index >= 15 is 0 Å². The van der Waals surface area contributed by atoms with Gasteiger partial charge in [-0.3, -0.25) is 4.79 Å². The predicted octanol–water partition coefficient (Wildman–Crippen LogP) is 4.68. The van der Waals surface area contributed by atoms with E-state index in [1.54, 1.807) is 42.8 Å². The molecule has 0 radical (unpaired) electrons. The van der Waals surface area contributed by atoms with Crippen LogP contribution < -0.4 is 14.8 Å². The highest BCUT2D eigenvalue weighted by molar-refractivity contribution is 7.13. The van der Waals surface area contributed by atoms with Crippen LogP contribution in [0.3, 0.4) is 0 Å². The molecule has 0 aliphatic rings. The van der Waals surface area contributed by atoms with E-state index in [9.17, 15) is 9.18 Å². The normalized spacial score (nSPS) is 10.8. The molecule has 1 N–H and O–H groups in total. The monoisotopic (exact) mass is 400 g/mol. The lowest BCUT2D eigenvalue weighted by Gasteiger charge is -2.12. The Hall–Kier alpha value is -2.93. The summed E-state index contributed by atoms with van der Waals surface area (Å²) in [5.74, 6) is 0.503. The Morgan fingerprint density at radius 2 is 2.00 bits per heavy atom. The van der Waals surface area contributed by atoms with Crippen molar-refractivity contribution >= 4 is 17.2 Å². The molecule has 28 heavy (non-hydrogen) atoms. The number of nitrogens with one attached hydrogen (secondary N) is 1. The van der Waals surface area contributed by atoms with Crippen LogP contribution in [0.4, 0.5) is 4.39 Å². The summed E-state index contributed by atoms with van der Waals surface area (Å²) in [4.78, 5) is 16.5. The molecular formula is C21H21FN2O3S. The maximum atomic E-state index is 13.8. The molecule has 146 valence electrons. The molecule has 3 aromatic rings. The number of rotatable bonds is 7. The molecule has 1 heterocycles. The van der Waals surface area contributed by atoms with Gasteiger partial charge in [0.1, 0.15) is 23.1 Å². The van der Waals surface area contributed by atoms with E-state index in [0.29, 0.717) is 27.8 Å². The first-order valence-electron chi connectivity index (χ1n) is 8.79. The van der Waals surface area contributed by atoms with Gasteiger partial charge < -0.3 is 14.8 Å². The maximum absolute atomic E-state index is 13.8. The second-order valence-electron chi connectivity index (χ2n) is 6.41. The standard InChI is InChI=1S/C21H21FN2O3S/c1-13(2)23-20(25)17-12-28-21(24-17)14-8-9-18(19(10-14)26-3)27-11-15-6-4-5-7-16(15)22/h4-10,12-13H,11H2,1-3H3,(H,23,25). The lowest BCUT2D eigenvalue weighted by molar-refractivity contribution is 0.0939. The molecule has 1 aromatic heterocycles. The van der Waals surface area contributed by atoms with E-state index in [0.717, 1.165) is 5.56 Å². The van der Waals surface area contributed by atoms with Crippen molar-refractivity contribution in [2.75, 3.05) is 7.11 Å². The van der Waals surface area contributed by atoms with Crippen LogP contribution in [0.5, 0.6) is 11.5 Å². The smallest absolute Gasteiger partial charge is 0.270 e. The zero-order chi connectivity index (χ0) is 20.1. The minimum atomic E-state index is -0.312. The highest BCUT2D eigenvalue weighted by Gasteiger charge is 2.15. The summed E-state index contributed by atoms with van der Waals surface area (Å²) in [6.45, 7) is 3.89. The summed E-state index contributed by atoms with van der Waals surface area (Å²) in [6.07, 6.45) is 0. The van der Waals surface area contributed by atoms with Gasteiger partial charge in [-0.2, -0.15) is 0 Å². The number of hydrogen-bond acceptors (Lipinski definition) is 5. The maximum Gasteiger partial charge on any atom is 0.270 e.